The number of anilines is 1. The number of benzene rings is 2. The topological polar surface area (TPSA) is 75.7 Å². The summed E-state index contributed by atoms with van der Waals surface area (Å²) < 4.78 is 5.24. The summed E-state index contributed by atoms with van der Waals surface area (Å²) in [5.74, 6) is -1.08. The maximum absolute atomic E-state index is 12.5. The lowest BCUT2D eigenvalue weighted by Crippen LogP contribution is -2.38. The minimum atomic E-state index is -0.893. The molecular weight excluding hydrogens is 320 g/mol. The van der Waals surface area contributed by atoms with E-state index in [1.165, 1.54) is 4.90 Å². The fourth-order valence-electron chi connectivity index (χ4n) is 2.69. The molecule has 0 saturated heterocycles. The van der Waals surface area contributed by atoms with Gasteiger partial charge >= 0.3 is 5.97 Å². The number of cyclic esters (lactones) is 1. The van der Waals surface area contributed by atoms with Crippen LogP contribution in [0, 0.1) is 0 Å². The van der Waals surface area contributed by atoms with Gasteiger partial charge in [-0.3, -0.25) is 9.59 Å². The molecule has 2 aromatic rings. The average Bonchev–Trinajstić information content (AvgIpc) is 2.61. The highest BCUT2D eigenvalue weighted by Crippen LogP contribution is 2.22. The fourth-order valence-corrected chi connectivity index (χ4v) is 2.69. The molecular formula is C19H18N2O4. The van der Waals surface area contributed by atoms with Gasteiger partial charge in [0.05, 0.1) is 5.56 Å². The summed E-state index contributed by atoms with van der Waals surface area (Å²) in [6.45, 7) is 0. The molecule has 128 valence electrons. The zero-order valence-electron chi connectivity index (χ0n) is 14.0. The van der Waals surface area contributed by atoms with E-state index in [1.54, 1.807) is 50.5 Å². The highest BCUT2D eigenvalue weighted by Gasteiger charge is 2.31. The SMILES string of the molecule is CN(C)C(=O)c1cccc(NC(=O)C2Cc3ccccc3C(=O)O2)c1. The van der Waals surface area contributed by atoms with E-state index >= 15 is 0 Å². The van der Waals surface area contributed by atoms with E-state index in [0.29, 0.717) is 23.2 Å². The Morgan fingerprint density at radius 2 is 1.88 bits per heavy atom. The van der Waals surface area contributed by atoms with Crippen LogP contribution in [0.15, 0.2) is 48.5 Å². The van der Waals surface area contributed by atoms with E-state index in [0.717, 1.165) is 5.56 Å². The van der Waals surface area contributed by atoms with E-state index in [1.807, 2.05) is 12.1 Å². The minimum absolute atomic E-state index is 0.158. The van der Waals surface area contributed by atoms with Gasteiger partial charge in [0.2, 0.25) is 0 Å². The molecule has 0 aromatic heterocycles. The summed E-state index contributed by atoms with van der Waals surface area (Å²) in [4.78, 5) is 37.9. The van der Waals surface area contributed by atoms with Crippen LogP contribution >= 0.6 is 0 Å². The summed E-state index contributed by atoms with van der Waals surface area (Å²) in [5, 5.41) is 2.71. The Morgan fingerprint density at radius 1 is 1.12 bits per heavy atom. The number of carbonyl (C=O) groups excluding carboxylic acids is 3. The van der Waals surface area contributed by atoms with Gasteiger partial charge in [-0.15, -0.1) is 0 Å². The molecule has 1 unspecified atom stereocenters. The monoisotopic (exact) mass is 338 g/mol. The minimum Gasteiger partial charge on any atom is -0.448 e. The molecule has 0 saturated carbocycles. The van der Waals surface area contributed by atoms with Gasteiger partial charge in [-0.25, -0.2) is 4.79 Å². The second-order valence-corrected chi connectivity index (χ2v) is 6.02. The fraction of sp³-hybridized carbons (Fsp3) is 0.211. The molecule has 1 atom stereocenters. The first-order chi connectivity index (χ1) is 12.0. The highest BCUT2D eigenvalue weighted by molar-refractivity contribution is 6.01. The number of nitrogens with zero attached hydrogens (tertiary/aromatic N) is 1. The third kappa shape index (κ3) is 3.52. The molecule has 2 aromatic carbocycles. The van der Waals surface area contributed by atoms with Crippen LogP contribution in [0.25, 0.3) is 0 Å². The molecule has 3 rings (SSSR count). The predicted octanol–water partition coefficient (Wildman–Crippen LogP) is 2.11. The summed E-state index contributed by atoms with van der Waals surface area (Å²) in [7, 11) is 3.32. The summed E-state index contributed by atoms with van der Waals surface area (Å²) in [6, 6.07) is 13.7. The first kappa shape index (κ1) is 16.7. The Labute approximate surface area is 145 Å². The Morgan fingerprint density at radius 3 is 2.64 bits per heavy atom. The van der Waals surface area contributed by atoms with Gasteiger partial charge in [-0.05, 0) is 29.8 Å². The Kier molecular flexibility index (Phi) is 4.52. The van der Waals surface area contributed by atoms with Crippen LogP contribution in [-0.4, -0.2) is 42.9 Å². The number of amides is 2. The van der Waals surface area contributed by atoms with Crippen LogP contribution in [0.3, 0.4) is 0 Å². The second kappa shape index (κ2) is 6.76. The van der Waals surface area contributed by atoms with Crippen molar-refractivity contribution in [3.63, 3.8) is 0 Å². The van der Waals surface area contributed by atoms with Crippen molar-refractivity contribution < 1.29 is 19.1 Å². The van der Waals surface area contributed by atoms with E-state index < -0.39 is 18.0 Å². The molecule has 1 aliphatic rings. The molecule has 1 aliphatic heterocycles. The maximum atomic E-state index is 12.5. The number of esters is 1. The van der Waals surface area contributed by atoms with Crippen LogP contribution in [0.2, 0.25) is 0 Å². The van der Waals surface area contributed by atoms with Crippen molar-refractivity contribution >= 4 is 23.5 Å². The first-order valence-electron chi connectivity index (χ1n) is 7.87. The van der Waals surface area contributed by atoms with Crippen LogP contribution in [-0.2, 0) is 16.0 Å². The summed E-state index contributed by atoms with van der Waals surface area (Å²) >= 11 is 0. The van der Waals surface area contributed by atoms with Crippen LogP contribution in [0.5, 0.6) is 0 Å². The molecule has 0 bridgehead atoms. The zero-order valence-corrected chi connectivity index (χ0v) is 14.0. The molecule has 1 heterocycles. The molecule has 0 fully saturated rings. The maximum Gasteiger partial charge on any atom is 0.339 e. The third-order valence-corrected chi connectivity index (χ3v) is 3.97. The molecule has 25 heavy (non-hydrogen) atoms. The summed E-state index contributed by atoms with van der Waals surface area (Å²) in [5.41, 5.74) is 2.22. The average molecular weight is 338 g/mol. The van der Waals surface area contributed by atoms with Crippen LogP contribution in [0.1, 0.15) is 26.3 Å². The van der Waals surface area contributed by atoms with Crippen molar-refractivity contribution in [2.24, 2.45) is 0 Å². The number of carbonyl (C=O) groups is 3. The molecule has 0 spiro atoms. The van der Waals surface area contributed by atoms with Crippen LogP contribution < -0.4 is 5.32 Å². The van der Waals surface area contributed by atoms with Crippen molar-refractivity contribution in [1.82, 2.24) is 4.90 Å². The van der Waals surface area contributed by atoms with Crippen molar-refractivity contribution in [3.05, 3.63) is 65.2 Å². The van der Waals surface area contributed by atoms with Crippen molar-refractivity contribution in [2.45, 2.75) is 12.5 Å². The first-order valence-corrected chi connectivity index (χ1v) is 7.87. The van der Waals surface area contributed by atoms with Crippen LogP contribution in [0.4, 0.5) is 5.69 Å². The van der Waals surface area contributed by atoms with Crippen molar-refractivity contribution in [3.8, 4) is 0 Å². The third-order valence-electron chi connectivity index (χ3n) is 3.97. The number of hydrogen-bond donors (Lipinski definition) is 1. The lowest BCUT2D eigenvalue weighted by molar-refractivity contribution is -0.125. The summed E-state index contributed by atoms with van der Waals surface area (Å²) in [6.07, 6.45) is -0.569. The molecule has 1 N–H and O–H groups in total. The van der Waals surface area contributed by atoms with Gasteiger partial charge in [-0.1, -0.05) is 24.3 Å². The van der Waals surface area contributed by atoms with Gasteiger partial charge in [0.25, 0.3) is 11.8 Å². The van der Waals surface area contributed by atoms with E-state index in [4.69, 9.17) is 4.74 Å². The van der Waals surface area contributed by atoms with Crippen molar-refractivity contribution in [1.29, 1.82) is 0 Å². The molecule has 2 amide bonds. The standard InChI is InChI=1S/C19H18N2O4/c1-21(2)18(23)13-7-5-8-14(10-13)20-17(22)16-11-12-6-3-4-9-15(12)19(24)25-16/h3-10,16H,11H2,1-2H3,(H,20,22). The number of fused-ring (bicyclic) bond motifs is 1. The molecule has 0 aliphatic carbocycles. The molecule has 6 heteroatoms. The Hall–Kier alpha value is -3.15. The number of hydrogen-bond acceptors (Lipinski definition) is 4. The smallest absolute Gasteiger partial charge is 0.339 e. The molecule has 0 radical (unpaired) electrons. The van der Waals surface area contributed by atoms with Gasteiger partial charge < -0.3 is 15.0 Å². The predicted molar refractivity (Wildman–Crippen MR) is 92.4 cm³/mol. The normalized spacial score (nSPS) is 15.8. The lowest BCUT2D eigenvalue weighted by atomic mass is 9.98. The van der Waals surface area contributed by atoms with E-state index in [2.05, 4.69) is 5.32 Å². The second-order valence-electron chi connectivity index (χ2n) is 6.02. The van der Waals surface area contributed by atoms with E-state index in [9.17, 15) is 14.4 Å². The Balaban J connectivity index is 1.74. The zero-order chi connectivity index (χ0) is 18.0. The van der Waals surface area contributed by atoms with Crippen molar-refractivity contribution in [2.75, 3.05) is 19.4 Å². The number of nitrogens with one attached hydrogen (secondary N) is 1. The number of rotatable bonds is 3. The highest BCUT2D eigenvalue weighted by atomic mass is 16.5. The van der Waals surface area contributed by atoms with E-state index in [-0.39, 0.29) is 5.91 Å². The Bertz CT molecular complexity index is 845. The largest absolute Gasteiger partial charge is 0.448 e. The van der Waals surface area contributed by atoms with Gasteiger partial charge in [0.15, 0.2) is 6.10 Å². The lowest BCUT2D eigenvalue weighted by Gasteiger charge is -2.23. The molecule has 6 nitrogen and oxygen atoms in total. The quantitative estimate of drug-likeness (QED) is 0.870. The van der Waals surface area contributed by atoms with Gasteiger partial charge in [-0.2, -0.15) is 0 Å². The number of ether oxygens (including phenoxy) is 1. The van der Waals surface area contributed by atoms with Gasteiger partial charge in [0.1, 0.15) is 0 Å². The van der Waals surface area contributed by atoms with Gasteiger partial charge in [0, 0.05) is 31.8 Å².